The molecule has 0 N–H and O–H groups in total. The van der Waals surface area contributed by atoms with Gasteiger partial charge in [-0.25, -0.2) is 4.98 Å². The lowest BCUT2D eigenvalue weighted by Crippen LogP contribution is -2.21. The lowest BCUT2D eigenvalue weighted by Gasteiger charge is -2.23. The van der Waals surface area contributed by atoms with Gasteiger partial charge in [0.15, 0.2) is 0 Å². The van der Waals surface area contributed by atoms with Crippen LogP contribution < -0.4 is 0 Å². The van der Waals surface area contributed by atoms with Crippen LogP contribution in [0.25, 0.3) is 10.2 Å². The van der Waals surface area contributed by atoms with Crippen molar-refractivity contribution >= 4 is 27.3 Å². The summed E-state index contributed by atoms with van der Waals surface area (Å²) < 4.78 is 1.31. The van der Waals surface area contributed by atoms with Crippen LogP contribution in [0, 0.1) is 11.3 Å². The summed E-state index contributed by atoms with van der Waals surface area (Å²) in [4.78, 5) is 12.3. The second kappa shape index (κ2) is 5.92. The molecule has 0 bridgehead atoms. The standard InChI is InChI=1S/C20H27N3S/c1-13-5-7-16(21-10-13)14-6-8-18-17(9-14)22-19(24-18)15-11-23(4)12-20(15,2)3/h6,8-9,13,15H,5,7,10-12H2,1-4H3/t13-,15?/m0/s1. The number of aromatic nitrogens is 1. The van der Waals surface area contributed by atoms with E-state index in [9.17, 15) is 0 Å². The second-order valence-corrected chi connectivity index (χ2v) is 9.47. The van der Waals surface area contributed by atoms with Gasteiger partial charge < -0.3 is 4.90 Å². The first-order valence-electron chi connectivity index (χ1n) is 9.05. The quantitative estimate of drug-likeness (QED) is 0.800. The Balaban J connectivity index is 1.67. The van der Waals surface area contributed by atoms with Gasteiger partial charge in [0.05, 0.1) is 15.2 Å². The number of fused-ring (bicyclic) bond motifs is 1. The van der Waals surface area contributed by atoms with Crippen LogP contribution in [0.2, 0.25) is 0 Å². The molecule has 0 amide bonds. The topological polar surface area (TPSA) is 28.5 Å². The number of likely N-dealkylation sites (tertiary alicyclic amines) is 1. The Morgan fingerprint density at radius 1 is 1.29 bits per heavy atom. The highest BCUT2D eigenvalue weighted by Gasteiger charge is 2.40. The molecule has 2 aliphatic rings. The predicted molar refractivity (Wildman–Crippen MR) is 103 cm³/mol. The Hall–Kier alpha value is -1.26. The van der Waals surface area contributed by atoms with Crippen LogP contribution in [0.5, 0.6) is 0 Å². The third-order valence-corrected chi connectivity index (χ3v) is 6.77. The number of rotatable bonds is 2. The van der Waals surface area contributed by atoms with Gasteiger partial charge in [-0.1, -0.05) is 26.8 Å². The summed E-state index contributed by atoms with van der Waals surface area (Å²) in [6.45, 7) is 10.3. The van der Waals surface area contributed by atoms with E-state index in [4.69, 9.17) is 9.98 Å². The van der Waals surface area contributed by atoms with Crippen molar-refractivity contribution in [3.05, 3.63) is 28.8 Å². The van der Waals surface area contributed by atoms with E-state index in [0.29, 0.717) is 11.3 Å². The monoisotopic (exact) mass is 341 g/mol. The molecule has 4 heteroatoms. The van der Waals surface area contributed by atoms with Crippen molar-refractivity contribution in [1.29, 1.82) is 0 Å². The fraction of sp³-hybridized carbons (Fsp3) is 0.600. The fourth-order valence-corrected chi connectivity index (χ4v) is 5.42. The molecule has 24 heavy (non-hydrogen) atoms. The number of likely N-dealkylation sites (N-methyl/N-ethyl adjacent to an activating group) is 1. The molecule has 0 saturated carbocycles. The van der Waals surface area contributed by atoms with Crippen molar-refractivity contribution in [2.75, 3.05) is 26.7 Å². The summed E-state index contributed by atoms with van der Waals surface area (Å²) in [6, 6.07) is 6.75. The molecule has 1 unspecified atom stereocenters. The van der Waals surface area contributed by atoms with E-state index in [1.54, 1.807) is 0 Å². The van der Waals surface area contributed by atoms with Crippen molar-refractivity contribution in [2.24, 2.45) is 16.3 Å². The molecule has 0 spiro atoms. The molecular formula is C20H27N3S. The summed E-state index contributed by atoms with van der Waals surface area (Å²) >= 11 is 1.88. The maximum atomic E-state index is 5.03. The minimum absolute atomic E-state index is 0.301. The van der Waals surface area contributed by atoms with Gasteiger partial charge in [0.2, 0.25) is 0 Å². The van der Waals surface area contributed by atoms with E-state index >= 15 is 0 Å². The zero-order valence-electron chi connectivity index (χ0n) is 15.2. The molecule has 1 aromatic heterocycles. The van der Waals surface area contributed by atoms with Crippen molar-refractivity contribution < 1.29 is 0 Å². The Morgan fingerprint density at radius 3 is 2.79 bits per heavy atom. The Kier molecular flexibility index (Phi) is 4.00. The summed E-state index contributed by atoms with van der Waals surface area (Å²) in [5.74, 6) is 1.26. The number of hydrogen-bond acceptors (Lipinski definition) is 4. The molecule has 2 atom stereocenters. The average molecular weight is 342 g/mol. The summed E-state index contributed by atoms with van der Waals surface area (Å²) in [5.41, 5.74) is 3.99. The second-order valence-electron chi connectivity index (χ2n) is 8.40. The number of hydrogen-bond donors (Lipinski definition) is 0. The van der Waals surface area contributed by atoms with Crippen molar-refractivity contribution in [2.45, 2.75) is 39.5 Å². The van der Waals surface area contributed by atoms with Crippen molar-refractivity contribution in [3.63, 3.8) is 0 Å². The zero-order chi connectivity index (χ0) is 16.9. The SMILES string of the molecule is C[C@H]1CCC(c2ccc3sc(C4CN(C)CC4(C)C)nc3c2)=NC1. The minimum atomic E-state index is 0.301. The van der Waals surface area contributed by atoms with Crippen LogP contribution in [0.15, 0.2) is 23.2 Å². The predicted octanol–water partition coefficient (Wildman–Crippen LogP) is 4.57. The minimum Gasteiger partial charge on any atom is -0.305 e. The zero-order valence-corrected chi connectivity index (χ0v) is 16.0. The van der Waals surface area contributed by atoms with Gasteiger partial charge in [-0.05, 0) is 48.9 Å². The highest BCUT2D eigenvalue weighted by Crippen LogP contribution is 2.44. The van der Waals surface area contributed by atoms with Crippen LogP contribution in [-0.4, -0.2) is 42.3 Å². The number of nitrogens with zero attached hydrogens (tertiary/aromatic N) is 3. The van der Waals surface area contributed by atoms with Gasteiger partial charge in [0.1, 0.15) is 0 Å². The number of aliphatic imine (C=N–C) groups is 1. The summed E-state index contributed by atoms with van der Waals surface area (Å²) in [5, 5.41) is 1.30. The fourth-order valence-electron chi connectivity index (χ4n) is 4.17. The van der Waals surface area contributed by atoms with E-state index in [0.717, 1.165) is 37.5 Å². The largest absolute Gasteiger partial charge is 0.305 e. The summed E-state index contributed by atoms with van der Waals surface area (Å²) in [6.07, 6.45) is 2.35. The van der Waals surface area contributed by atoms with Gasteiger partial charge in [-0.15, -0.1) is 11.3 Å². The normalized spacial score (nSPS) is 27.6. The Morgan fingerprint density at radius 2 is 2.12 bits per heavy atom. The number of benzene rings is 1. The third-order valence-electron chi connectivity index (χ3n) is 5.62. The Labute approximate surface area is 148 Å². The maximum Gasteiger partial charge on any atom is 0.0988 e. The lowest BCUT2D eigenvalue weighted by molar-refractivity contribution is 0.324. The molecule has 128 valence electrons. The van der Waals surface area contributed by atoms with Gasteiger partial charge in [-0.3, -0.25) is 4.99 Å². The van der Waals surface area contributed by atoms with Gasteiger partial charge in [0.25, 0.3) is 0 Å². The van der Waals surface area contributed by atoms with Gasteiger partial charge >= 0.3 is 0 Å². The van der Waals surface area contributed by atoms with Gasteiger partial charge in [-0.2, -0.15) is 0 Å². The molecular weight excluding hydrogens is 314 g/mol. The van der Waals surface area contributed by atoms with Crippen LogP contribution >= 0.6 is 11.3 Å². The molecule has 0 radical (unpaired) electrons. The van der Waals surface area contributed by atoms with E-state index in [2.05, 4.69) is 50.9 Å². The molecule has 1 aromatic carbocycles. The van der Waals surface area contributed by atoms with Crippen molar-refractivity contribution in [3.8, 4) is 0 Å². The van der Waals surface area contributed by atoms with Crippen LogP contribution in [0.1, 0.15) is 50.1 Å². The first-order valence-corrected chi connectivity index (χ1v) is 9.87. The van der Waals surface area contributed by atoms with Crippen LogP contribution in [-0.2, 0) is 0 Å². The average Bonchev–Trinajstić information content (AvgIpc) is 3.06. The third kappa shape index (κ3) is 2.91. The van der Waals surface area contributed by atoms with E-state index in [1.807, 2.05) is 11.3 Å². The molecule has 1 fully saturated rings. The van der Waals surface area contributed by atoms with E-state index in [-0.39, 0.29) is 0 Å². The van der Waals surface area contributed by atoms with E-state index in [1.165, 1.54) is 27.4 Å². The Bertz CT molecular complexity index is 789. The molecule has 3 heterocycles. The molecule has 1 saturated heterocycles. The first-order chi connectivity index (χ1) is 11.4. The summed E-state index contributed by atoms with van der Waals surface area (Å²) in [7, 11) is 2.22. The highest BCUT2D eigenvalue weighted by atomic mass is 32.1. The molecule has 4 rings (SSSR count). The maximum absolute atomic E-state index is 5.03. The highest BCUT2D eigenvalue weighted by molar-refractivity contribution is 7.18. The van der Waals surface area contributed by atoms with Gasteiger partial charge in [0, 0.05) is 31.3 Å². The molecule has 3 nitrogen and oxygen atoms in total. The number of thiazole rings is 1. The molecule has 2 aromatic rings. The lowest BCUT2D eigenvalue weighted by atomic mass is 9.82. The smallest absolute Gasteiger partial charge is 0.0988 e. The van der Waals surface area contributed by atoms with Crippen molar-refractivity contribution in [1.82, 2.24) is 9.88 Å². The molecule has 0 aliphatic carbocycles. The first kappa shape index (κ1) is 16.2. The van der Waals surface area contributed by atoms with Crippen LogP contribution in [0.4, 0.5) is 0 Å². The van der Waals surface area contributed by atoms with Crippen LogP contribution in [0.3, 0.4) is 0 Å². The molecule has 2 aliphatic heterocycles. The van der Waals surface area contributed by atoms with E-state index < -0.39 is 0 Å².